The van der Waals surface area contributed by atoms with Gasteiger partial charge in [0.25, 0.3) is 0 Å². The average Bonchev–Trinajstić information content (AvgIpc) is 2.74. The molecule has 1 aromatic rings. The molecule has 0 unspecified atom stereocenters. The van der Waals surface area contributed by atoms with Crippen LogP contribution in [0.25, 0.3) is 0 Å². The van der Waals surface area contributed by atoms with Gasteiger partial charge in [-0.05, 0) is 44.6 Å². The molecule has 0 aromatic carbocycles. The number of hydrogen-bond donors (Lipinski definition) is 1. The summed E-state index contributed by atoms with van der Waals surface area (Å²) in [5.74, 6) is 2.47. The largest absolute Gasteiger partial charge is 0.384 e. The highest BCUT2D eigenvalue weighted by molar-refractivity contribution is 5.42. The van der Waals surface area contributed by atoms with Gasteiger partial charge >= 0.3 is 0 Å². The third-order valence-electron chi connectivity index (χ3n) is 6.93. The minimum absolute atomic E-state index is 0.216. The molecule has 0 spiro atoms. The highest BCUT2D eigenvalue weighted by Crippen LogP contribution is 2.48. The molecule has 2 aliphatic heterocycles. The fraction of sp³-hybridized carbons (Fsp3) is 0.810. The Morgan fingerprint density at radius 3 is 2.93 bits per heavy atom. The molecule has 1 N–H and O–H groups in total. The zero-order chi connectivity index (χ0) is 19.4. The van der Waals surface area contributed by atoms with Gasteiger partial charge in [-0.1, -0.05) is 0 Å². The summed E-state index contributed by atoms with van der Waals surface area (Å²) in [6.45, 7) is 9.77. The fourth-order valence-corrected chi connectivity index (χ4v) is 5.51. The lowest BCUT2D eigenvalue weighted by molar-refractivity contribution is -0.0541. The van der Waals surface area contributed by atoms with Crippen molar-refractivity contribution in [2.45, 2.75) is 38.6 Å². The third kappa shape index (κ3) is 4.11. The zero-order valence-corrected chi connectivity index (χ0v) is 17.4. The average molecular weight is 390 g/mol. The van der Waals surface area contributed by atoms with E-state index in [1.165, 1.54) is 25.7 Å². The van der Waals surface area contributed by atoms with Crippen LogP contribution in [0.4, 0.5) is 11.8 Å². The van der Waals surface area contributed by atoms with Crippen molar-refractivity contribution in [1.82, 2.24) is 14.9 Å². The van der Waals surface area contributed by atoms with Crippen LogP contribution in [0.3, 0.4) is 0 Å². The van der Waals surface area contributed by atoms with Gasteiger partial charge < -0.3 is 19.7 Å². The van der Waals surface area contributed by atoms with Crippen LogP contribution in [-0.2, 0) is 9.47 Å². The highest BCUT2D eigenvalue weighted by atomic mass is 16.5. The van der Waals surface area contributed by atoms with Crippen molar-refractivity contribution in [2.24, 2.45) is 11.3 Å². The Morgan fingerprint density at radius 1 is 1.29 bits per heavy atom. The Kier molecular flexibility index (Phi) is 6.33. The normalized spacial score (nSPS) is 31.4. The molecular formula is C21H35N5O2. The van der Waals surface area contributed by atoms with Gasteiger partial charge in [-0.2, -0.15) is 4.98 Å². The molecule has 7 heteroatoms. The molecule has 156 valence electrons. The first kappa shape index (κ1) is 19.9. The zero-order valence-electron chi connectivity index (χ0n) is 17.4. The summed E-state index contributed by atoms with van der Waals surface area (Å²) < 4.78 is 11.3. The van der Waals surface area contributed by atoms with Crippen molar-refractivity contribution < 1.29 is 9.47 Å². The van der Waals surface area contributed by atoms with Gasteiger partial charge in [-0.3, -0.25) is 4.90 Å². The second kappa shape index (κ2) is 8.93. The molecule has 1 aliphatic carbocycles. The summed E-state index contributed by atoms with van der Waals surface area (Å²) >= 11 is 0. The van der Waals surface area contributed by atoms with E-state index < -0.39 is 0 Å². The summed E-state index contributed by atoms with van der Waals surface area (Å²) in [5.41, 5.74) is 0.216. The van der Waals surface area contributed by atoms with Gasteiger partial charge in [0.15, 0.2) is 0 Å². The molecule has 3 heterocycles. The van der Waals surface area contributed by atoms with Crippen LogP contribution >= 0.6 is 0 Å². The molecule has 3 atom stereocenters. The highest BCUT2D eigenvalue weighted by Gasteiger charge is 2.48. The van der Waals surface area contributed by atoms with E-state index in [2.05, 4.69) is 27.0 Å². The van der Waals surface area contributed by atoms with E-state index in [1.54, 1.807) is 0 Å². The number of ether oxygens (including phenoxy) is 2. The topological polar surface area (TPSA) is 62.8 Å². The number of nitrogens with zero attached hydrogens (tertiary/aromatic N) is 4. The predicted octanol–water partition coefficient (Wildman–Crippen LogP) is 2.25. The Hall–Kier alpha value is -1.44. The second-order valence-corrected chi connectivity index (χ2v) is 8.55. The molecule has 0 amide bonds. The first-order valence-electron chi connectivity index (χ1n) is 10.9. The van der Waals surface area contributed by atoms with Crippen LogP contribution in [0, 0.1) is 11.3 Å². The van der Waals surface area contributed by atoms with Crippen molar-refractivity contribution in [3.8, 4) is 0 Å². The van der Waals surface area contributed by atoms with E-state index in [1.807, 2.05) is 19.4 Å². The molecule has 28 heavy (non-hydrogen) atoms. The molecule has 0 radical (unpaired) electrons. The number of aromatic nitrogens is 2. The van der Waals surface area contributed by atoms with Crippen LogP contribution in [0.2, 0.25) is 0 Å². The summed E-state index contributed by atoms with van der Waals surface area (Å²) in [4.78, 5) is 14.4. The Balaban J connectivity index is 1.47. The first-order valence-corrected chi connectivity index (χ1v) is 10.9. The van der Waals surface area contributed by atoms with Gasteiger partial charge in [0.05, 0.1) is 19.8 Å². The number of rotatable bonds is 6. The molecule has 4 rings (SSSR count). The lowest BCUT2D eigenvalue weighted by atomic mass is 9.62. The number of piperidine rings is 1. The molecule has 7 nitrogen and oxygen atoms in total. The van der Waals surface area contributed by atoms with E-state index in [-0.39, 0.29) is 5.41 Å². The number of anilines is 2. The molecular weight excluding hydrogens is 354 g/mol. The lowest BCUT2D eigenvalue weighted by Gasteiger charge is -2.54. The molecule has 1 saturated carbocycles. The monoisotopic (exact) mass is 389 g/mol. The Morgan fingerprint density at radius 2 is 2.14 bits per heavy atom. The van der Waals surface area contributed by atoms with E-state index in [0.29, 0.717) is 12.0 Å². The quantitative estimate of drug-likeness (QED) is 0.801. The number of morpholine rings is 1. The van der Waals surface area contributed by atoms with Crippen LogP contribution in [0.5, 0.6) is 0 Å². The lowest BCUT2D eigenvalue weighted by Crippen LogP contribution is -2.57. The van der Waals surface area contributed by atoms with Gasteiger partial charge in [0.1, 0.15) is 5.82 Å². The van der Waals surface area contributed by atoms with Gasteiger partial charge in [-0.25, -0.2) is 4.98 Å². The van der Waals surface area contributed by atoms with Gasteiger partial charge in [-0.15, -0.1) is 0 Å². The molecule has 2 saturated heterocycles. The van der Waals surface area contributed by atoms with E-state index in [9.17, 15) is 0 Å². The summed E-state index contributed by atoms with van der Waals surface area (Å²) in [7, 11) is 1.85. The minimum atomic E-state index is 0.216. The third-order valence-corrected chi connectivity index (χ3v) is 6.93. The van der Waals surface area contributed by atoms with Crippen molar-refractivity contribution in [3.05, 3.63) is 12.3 Å². The minimum Gasteiger partial charge on any atom is -0.384 e. The van der Waals surface area contributed by atoms with E-state index in [0.717, 1.165) is 64.3 Å². The molecule has 0 bridgehead atoms. The fourth-order valence-electron chi connectivity index (χ4n) is 5.51. The van der Waals surface area contributed by atoms with Crippen LogP contribution in [0.15, 0.2) is 12.3 Å². The smallest absolute Gasteiger partial charge is 0.227 e. The maximum absolute atomic E-state index is 5.76. The summed E-state index contributed by atoms with van der Waals surface area (Å²) in [6, 6.07) is 2.65. The first-order chi connectivity index (χ1) is 13.7. The maximum atomic E-state index is 5.76. The van der Waals surface area contributed by atoms with Crippen LogP contribution in [-0.4, -0.2) is 80.6 Å². The maximum Gasteiger partial charge on any atom is 0.227 e. The number of methoxy groups -OCH3 is 1. The van der Waals surface area contributed by atoms with Crippen LogP contribution < -0.4 is 10.2 Å². The van der Waals surface area contributed by atoms with Gasteiger partial charge in [0.2, 0.25) is 5.95 Å². The van der Waals surface area contributed by atoms with Gasteiger partial charge in [0, 0.05) is 57.5 Å². The van der Waals surface area contributed by atoms with Crippen molar-refractivity contribution in [1.29, 1.82) is 0 Å². The van der Waals surface area contributed by atoms with E-state index >= 15 is 0 Å². The molecule has 3 fully saturated rings. The van der Waals surface area contributed by atoms with Crippen molar-refractivity contribution >= 4 is 11.8 Å². The molecule has 3 aliphatic rings. The number of hydrogen-bond acceptors (Lipinski definition) is 7. The molecule has 1 aromatic heterocycles. The van der Waals surface area contributed by atoms with Crippen molar-refractivity contribution in [2.75, 3.05) is 69.9 Å². The number of fused-ring (bicyclic) bond motifs is 1. The Bertz CT molecular complexity index is 639. The standard InChI is InChI=1S/C21H35N5O2/c1-3-22-19-5-8-23-20(24-19)26-9-6-17-14-18(25-10-12-28-13-11-25)4-7-21(17,15-26)16-27-2/h5,8,17-18H,3-4,6-7,9-16H2,1-2H3,(H,22,23,24)/t17-,18-,21+/m1/s1. The summed E-state index contributed by atoms with van der Waals surface area (Å²) in [6.07, 6.45) is 6.82. The van der Waals surface area contributed by atoms with Crippen molar-refractivity contribution in [3.63, 3.8) is 0 Å². The van der Waals surface area contributed by atoms with E-state index in [4.69, 9.17) is 14.5 Å². The summed E-state index contributed by atoms with van der Waals surface area (Å²) in [5, 5.41) is 3.30. The second-order valence-electron chi connectivity index (χ2n) is 8.55. The Labute approximate surface area is 168 Å². The SMILES string of the molecule is CCNc1ccnc(N2CC[C@@H]3C[C@H](N4CCOCC4)CC[C@@]3(COC)C2)n1. The predicted molar refractivity (Wildman–Crippen MR) is 111 cm³/mol. The number of nitrogens with one attached hydrogen (secondary N) is 1. The van der Waals surface area contributed by atoms with Crippen LogP contribution in [0.1, 0.15) is 32.6 Å².